The number of carbonyl (C=O) groups excluding carboxylic acids is 1. The highest BCUT2D eigenvalue weighted by Crippen LogP contribution is 2.36. The van der Waals surface area contributed by atoms with Gasteiger partial charge in [0.2, 0.25) is 5.91 Å². The monoisotopic (exact) mass is 228 g/mol. The molecule has 3 heteroatoms. The van der Waals surface area contributed by atoms with Gasteiger partial charge in [0.25, 0.3) is 0 Å². The molecule has 0 saturated carbocycles. The van der Waals surface area contributed by atoms with E-state index in [2.05, 4.69) is 39.9 Å². The van der Waals surface area contributed by atoms with Crippen molar-refractivity contribution >= 4 is 5.91 Å². The number of amides is 1. The van der Waals surface area contributed by atoms with Crippen molar-refractivity contribution in [3.8, 4) is 0 Å². The van der Waals surface area contributed by atoms with Gasteiger partial charge in [0.05, 0.1) is 0 Å². The summed E-state index contributed by atoms with van der Waals surface area (Å²) in [7, 11) is 0. The van der Waals surface area contributed by atoms with Crippen LogP contribution in [0.1, 0.15) is 48.0 Å². The van der Waals surface area contributed by atoms with Crippen molar-refractivity contribution in [2.24, 2.45) is 22.5 Å². The molecule has 0 bridgehead atoms. The second kappa shape index (κ2) is 5.67. The van der Waals surface area contributed by atoms with E-state index in [-0.39, 0.29) is 22.7 Å². The van der Waals surface area contributed by atoms with Crippen LogP contribution >= 0.6 is 0 Å². The van der Waals surface area contributed by atoms with Crippen LogP contribution in [0.5, 0.6) is 0 Å². The molecule has 0 radical (unpaired) electrons. The molecule has 0 aliphatic heterocycles. The number of nitrogens with one attached hydrogen (secondary N) is 1. The van der Waals surface area contributed by atoms with Crippen molar-refractivity contribution in [3.63, 3.8) is 0 Å². The van der Waals surface area contributed by atoms with Gasteiger partial charge >= 0.3 is 0 Å². The summed E-state index contributed by atoms with van der Waals surface area (Å²) in [5.74, 6) is 0.369. The Morgan fingerprint density at radius 1 is 1.25 bits per heavy atom. The maximum atomic E-state index is 11.6. The van der Waals surface area contributed by atoms with Crippen LogP contribution in [0.2, 0.25) is 0 Å². The smallest absolute Gasteiger partial charge is 0.220 e. The molecule has 3 N–H and O–H groups in total. The molecular formula is C13H28N2O. The minimum Gasteiger partial charge on any atom is -0.356 e. The maximum Gasteiger partial charge on any atom is 0.220 e. The van der Waals surface area contributed by atoms with Crippen molar-refractivity contribution in [3.05, 3.63) is 0 Å². The van der Waals surface area contributed by atoms with Gasteiger partial charge in [-0.05, 0) is 23.3 Å². The van der Waals surface area contributed by atoms with Crippen LogP contribution in [-0.4, -0.2) is 19.0 Å². The average molecular weight is 228 g/mol. The molecule has 1 unspecified atom stereocenters. The summed E-state index contributed by atoms with van der Waals surface area (Å²) in [4.78, 5) is 11.6. The van der Waals surface area contributed by atoms with E-state index in [1.54, 1.807) is 0 Å². The summed E-state index contributed by atoms with van der Waals surface area (Å²) >= 11 is 0. The van der Waals surface area contributed by atoms with Gasteiger partial charge < -0.3 is 11.1 Å². The van der Waals surface area contributed by atoms with Gasteiger partial charge in [0.1, 0.15) is 0 Å². The first-order valence-electron chi connectivity index (χ1n) is 6.07. The zero-order valence-corrected chi connectivity index (χ0v) is 11.7. The summed E-state index contributed by atoms with van der Waals surface area (Å²) in [6.07, 6.45) is 0.525. The van der Waals surface area contributed by atoms with E-state index in [0.717, 1.165) is 0 Å². The second-order valence-corrected chi connectivity index (χ2v) is 6.46. The number of nitrogens with two attached hydrogens (primary N) is 1. The van der Waals surface area contributed by atoms with E-state index < -0.39 is 0 Å². The fraction of sp³-hybridized carbons (Fsp3) is 0.923. The first-order chi connectivity index (χ1) is 7.10. The fourth-order valence-corrected chi connectivity index (χ4v) is 1.06. The molecule has 0 aromatic rings. The summed E-state index contributed by atoms with van der Waals surface area (Å²) < 4.78 is 0. The molecular weight excluding hydrogens is 200 g/mol. The van der Waals surface area contributed by atoms with Crippen LogP contribution in [-0.2, 0) is 4.79 Å². The van der Waals surface area contributed by atoms with Crippen LogP contribution < -0.4 is 11.1 Å². The standard InChI is InChI=1S/C13H28N2O/c1-10(8-14)7-11(16)15-9-13(5,6)12(2,3)4/h10H,7-9,14H2,1-6H3,(H,15,16). The molecule has 0 spiro atoms. The minimum atomic E-state index is 0.0919. The number of hydrogen-bond donors (Lipinski definition) is 2. The third-order valence-corrected chi connectivity index (χ3v) is 3.69. The molecule has 0 fully saturated rings. The van der Waals surface area contributed by atoms with Crippen molar-refractivity contribution in [2.75, 3.05) is 13.1 Å². The highest BCUT2D eigenvalue weighted by atomic mass is 16.1. The predicted octanol–water partition coefficient (Wildman–Crippen LogP) is 2.16. The lowest BCUT2D eigenvalue weighted by Crippen LogP contribution is -2.42. The molecule has 3 nitrogen and oxygen atoms in total. The summed E-state index contributed by atoms with van der Waals surface area (Å²) in [6.45, 7) is 14.2. The van der Waals surface area contributed by atoms with Gasteiger partial charge in [0, 0.05) is 13.0 Å². The fourth-order valence-electron chi connectivity index (χ4n) is 1.06. The van der Waals surface area contributed by atoms with E-state index in [1.165, 1.54) is 0 Å². The Balaban J connectivity index is 4.11. The molecule has 0 saturated heterocycles. The average Bonchev–Trinajstić information content (AvgIpc) is 2.13. The van der Waals surface area contributed by atoms with E-state index in [1.807, 2.05) is 6.92 Å². The van der Waals surface area contributed by atoms with Crippen LogP contribution in [0, 0.1) is 16.7 Å². The van der Waals surface area contributed by atoms with Gasteiger partial charge in [0.15, 0.2) is 0 Å². The molecule has 96 valence electrons. The van der Waals surface area contributed by atoms with Gasteiger partial charge in [-0.25, -0.2) is 0 Å². The molecule has 1 amide bonds. The lowest BCUT2D eigenvalue weighted by atomic mass is 9.69. The Bertz CT molecular complexity index is 229. The maximum absolute atomic E-state index is 11.6. The quantitative estimate of drug-likeness (QED) is 0.757. The van der Waals surface area contributed by atoms with E-state index >= 15 is 0 Å². The SMILES string of the molecule is CC(CN)CC(=O)NCC(C)(C)C(C)(C)C. The van der Waals surface area contributed by atoms with E-state index in [0.29, 0.717) is 19.5 Å². The zero-order chi connectivity index (χ0) is 13.0. The summed E-state index contributed by atoms with van der Waals surface area (Å²) in [5, 5.41) is 3.00. The zero-order valence-electron chi connectivity index (χ0n) is 11.7. The Kier molecular flexibility index (Phi) is 5.47. The van der Waals surface area contributed by atoms with Gasteiger partial charge in [-0.2, -0.15) is 0 Å². The first kappa shape index (κ1) is 15.4. The van der Waals surface area contributed by atoms with Gasteiger partial charge in [-0.15, -0.1) is 0 Å². The van der Waals surface area contributed by atoms with Crippen molar-refractivity contribution in [2.45, 2.75) is 48.0 Å². The predicted molar refractivity (Wildman–Crippen MR) is 69.1 cm³/mol. The third kappa shape index (κ3) is 4.97. The van der Waals surface area contributed by atoms with Crippen LogP contribution in [0.3, 0.4) is 0 Å². The molecule has 0 heterocycles. The van der Waals surface area contributed by atoms with Crippen LogP contribution in [0.4, 0.5) is 0 Å². The van der Waals surface area contributed by atoms with E-state index in [4.69, 9.17) is 5.73 Å². The molecule has 0 aromatic carbocycles. The Morgan fingerprint density at radius 3 is 2.12 bits per heavy atom. The van der Waals surface area contributed by atoms with Gasteiger partial charge in [-0.1, -0.05) is 41.5 Å². The molecule has 0 rings (SSSR count). The van der Waals surface area contributed by atoms with E-state index in [9.17, 15) is 4.79 Å². The second-order valence-electron chi connectivity index (χ2n) is 6.46. The summed E-state index contributed by atoms with van der Waals surface area (Å²) in [5.41, 5.74) is 5.76. The summed E-state index contributed by atoms with van der Waals surface area (Å²) in [6, 6.07) is 0. The molecule has 0 aliphatic carbocycles. The highest BCUT2D eigenvalue weighted by Gasteiger charge is 2.32. The van der Waals surface area contributed by atoms with Crippen molar-refractivity contribution in [1.82, 2.24) is 5.32 Å². The highest BCUT2D eigenvalue weighted by molar-refractivity contribution is 5.76. The largest absolute Gasteiger partial charge is 0.356 e. The minimum absolute atomic E-state index is 0.0919. The third-order valence-electron chi connectivity index (χ3n) is 3.69. The van der Waals surface area contributed by atoms with Gasteiger partial charge in [-0.3, -0.25) is 4.79 Å². The Labute approximate surface area is 100 Å². The number of hydrogen-bond acceptors (Lipinski definition) is 2. The normalized spacial score (nSPS) is 14.7. The van der Waals surface area contributed by atoms with Crippen LogP contribution in [0.15, 0.2) is 0 Å². The lowest BCUT2D eigenvalue weighted by molar-refractivity contribution is -0.122. The topological polar surface area (TPSA) is 55.1 Å². The van der Waals surface area contributed by atoms with Crippen molar-refractivity contribution < 1.29 is 4.79 Å². The first-order valence-corrected chi connectivity index (χ1v) is 6.07. The number of rotatable bonds is 5. The Hall–Kier alpha value is -0.570. The molecule has 0 aliphatic rings. The number of carbonyl (C=O) groups is 1. The Morgan fingerprint density at radius 2 is 1.75 bits per heavy atom. The van der Waals surface area contributed by atoms with Crippen LogP contribution in [0.25, 0.3) is 0 Å². The molecule has 16 heavy (non-hydrogen) atoms. The molecule has 0 aromatic heterocycles. The van der Waals surface area contributed by atoms with Crippen molar-refractivity contribution in [1.29, 1.82) is 0 Å². The molecule has 1 atom stereocenters. The lowest BCUT2D eigenvalue weighted by Gasteiger charge is -2.39.